The lowest BCUT2D eigenvalue weighted by molar-refractivity contribution is -0.124. The monoisotopic (exact) mass is 226 g/mol. The maximum atomic E-state index is 11.9. The fraction of sp³-hybridized carbons (Fsp3) is 0.923. The first-order chi connectivity index (χ1) is 7.47. The van der Waals surface area contributed by atoms with Crippen molar-refractivity contribution >= 4 is 5.91 Å². The molecule has 5 atom stereocenters. The van der Waals surface area contributed by atoms with Gasteiger partial charge < -0.3 is 11.1 Å². The minimum absolute atomic E-state index is 0.0281. The van der Waals surface area contributed by atoms with Crippen molar-refractivity contribution in [2.45, 2.75) is 59.0 Å². The van der Waals surface area contributed by atoms with E-state index in [9.17, 15) is 4.79 Å². The summed E-state index contributed by atoms with van der Waals surface area (Å²) < 4.78 is 0. The lowest BCUT2D eigenvalue weighted by Crippen LogP contribution is -2.49. The fourth-order valence-electron chi connectivity index (χ4n) is 2.36. The van der Waals surface area contributed by atoms with Crippen LogP contribution in [0.1, 0.15) is 47.0 Å². The molecule has 1 aliphatic rings. The maximum Gasteiger partial charge on any atom is 0.237 e. The number of amides is 1. The Hall–Kier alpha value is -0.570. The fourth-order valence-corrected chi connectivity index (χ4v) is 2.36. The van der Waals surface area contributed by atoms with Gasteiger partial charge in [0.1, 0.15) is 0 Å². The Morgan fingerprint density at radius 1 is 1.44 bits per heavy atom. The van der Waals surface area contributed by atoms with Crippen molar-refractivity contribution in [1.29, 1.82) is 0 Å². The lowest BCUT2D eigenvalue weighted by Gasteiger charge is -2.24. The molecule has 0 aliphatic heterocycles. The van der Waals surface area contributed by atoms with E-state index in [1.54, 1.807) is 0 Å². The zero-order valence-electron chi connectivity index (χ0n) is 11.0. The van der Waals surface area contributed by atoms with E-state index in [0.29, 0.717) is 17.9 Å². The van der Waals surface area contributed by atoms with Crippen molar-refractivity contribution in [3.8, 4) is 0 Å². The number of nitrogens with one attached hydrogen (secondary N) is 1. The minimum atomic E-state index is -0.354. The molecule has 1 aliphatic carbocycles. The molecule has 0 bridgehead atoms. The van der Waals surface area contributed by atoms with E-state index in [4.69, 9.17) is 5.73 Å². The predicted octanol–water partition coefficient (Wildman–Crippen LogP) is 1.91. The highest BCUT2D eigenvalue weighted by Gasteiger charge is 2.32. The number of carbonyl (C=O) groups excluding carboxylic acids is 1. The summed E-state index contributed by atoms with van der Waals surface area (Å²) >= 11 is 0. The molecule has 0 spiro atoms. The van der Waals surface area contributed by atoms with Gasteiger partial charge in [-0.3, -0.25) is 4.79 Å². The summed E-state index contributed by atoms with van der Waals surface area (Å²) in [5.74, 6) is 1.58. The number of nitrogens with two attached hydrogens (primary N) is 1. The first-order valence-corrected chi connectivity index (χ1v) is 6.53. The van der Waals surface area contributed by atoms with Crippen LogP contribution in [0.25, 0.3) is 0 Å². The summed E-state index contributed by atoms with van der Waals surface area (Å²) in [5, 5.41) is 3.11. The molecule has 0 aromatic carbocycles. The molecule has 0 saturated heterocycles. The largest absolute Gasteiger partial charge is 0.352 e. The third-order valence-electron chi connectivity index (χ3n) is 4.35. The van der Waals surface area contributed by atoms with E-state index in [1.807, 2.05) is 6.92 Å². The molecule has 0 aromatic heterocycles. The Morgan fingerprint density at radius 3 is 2.50 bits per heavy atom. The second kappa shape index (κ2) is 5.67. The van der Waals surface area contributed by atoms with Crippen molar-refractivity contribution in [2.24, 2.45) is 23.5 Å². The van der Waals surface area contributed by atoms with Crippen molar-refractivity contribution in [1.82, 2.24) is 5.32 Å². The third kappa shape index (κ3) is 2.97. The highest BCUT2D eigenvalue weighted by Crippen LogP contribution is 2.31. The van der Waals surface area contributed by atoms with Crippen molar-refractivity contribution in [3.05, 3.63) is 0 Å². The number of hydrogen-bond acceptors (Lipinski definition) is 2. The molecule has 1 saturated carbocycles. The Kier molecular flexibility index (Phi) is 4.78. The normalized spacial score (nSPS) is 33.4. The first kappa shape index (κ1) is 13.5. The number of carbonyl (C=O) groups is 1. The zero-order valence-corrected chi connectivity index (χ0v) is 11.0. The molecular formula is C13H26N2O. The molecule has 1 fully saturated rings. The van der Waals surface area contributed by atoms with Gasteiger partial charge in [0.2, 0.25) is 5.91 Å². The van der Waals surface area contributed by atoms with Crippen LogP contribution in [-0.2, 0) is 4.79 Å². The van der Waals surface area contributed by atoms with Gasteiger partial charge in [0.25, 0.3) is 0 Å². The second-order valence-corrected chi connectivity index (χ2v) is 5.44. The SMILES string of the molecule is CCC(C)[C@H](N)C(=O)NC1CCC(C)C1C. The summed E-state index contributed by atoms with van der Waals surface area (Å²) in [6.07, 6.45) is 3.26. The average Bonchev–Trinajstić information content (AvgIpc) is 2.58. The summed E-state index contributed by atoms with van der Waals surface area (Å²) in [5.41, 5.74) is 5.92. The Bertz CT molecular complexity index is 242. The maximum absolute atomic E-state index is 11.9. The minimum Gasteiger partial charge on any atom is -0.352 e. The lowest BCUT2D eigenvalue weighted by atomic mass is 9.96. The molecule has 0 heterocycles. The van der Waals surface area contributed by atoms with Crippen LogP contribution < -0.4 is 11.1 Å². The molecular weight excluding hydrogens is 200 g/mol. The van der Waals surface area contributed by atoms with Crippen molar-refractivity contribution < 1.29 is 4.79 Å². The van der Waals surface area contributed by atoms with Gasteiger partial charge in [-0.15, -0.1) is 0 Å². The van der Waals surface area contributed by atoms with E-state index in [2.05, 4.69) is 26.1 Å². The van der Waals surface area contributed by atoms with E-state index in [-0.39, 0.29) is 17.9 Å². The zero-order chi connectivity index (χ0) is 12.3. The predicted molar refractivity (Wildman–Crippen MR) is 66.9 cm³/mol. The van der Waals surface area contributed by atoms with Crippen LogP contribution in [-0.4, -0.2) is 18.0 Å². The van der Waals surface area contributed by atoms with Gasteiger partial charge in [0, 0.05) is 6.04 Å². The van der Waals surface area contributed by atoms with E-state index in [0.717, 1.165) is 12.8 Å². The van der Waals surface area contributed by atoms with Crippen molar-refractivity contribution in [2.75, 3.05) is 0 Å². The highest BCUT2D eigenvalue weighted by molar-refractivity contribution is 5.82. The van der Waals surface area contributed by atoms with Crippen LogP contribution in [0.3, 0.4) is 0 Å². The molecule has 1 amide bonds. The Morgan fingerprint density at radius 2 is 2.06 bits per heavy atom. The highest BCUT2D eigenvalue weighted by atomic mass is 16.2. The van der Waals surface area contributed by atoms with E-state index >= 15 is 0 Å². The van der Waals surface area contributed by atoms with Crippen LogP contribution in [0.4, 0.5) is 0 Å². The van der Waals surface area contributed by atoms with Gasteiger partial charge in [0.15, 0.2) is 0 Å². The van der Waals surface area contributed by atoms with Crippen LogP contribution in [0.15, 0.2) is 0 Å². The van der Waals surface area contributed by atoms with Crippen LogP contribution in [0.2, 0.25) is 0 Å². The average molecular weight is 226 g/mol. The summed E-state index contributed by atoms with van der Waals surface area (Å²) in [7, 11) is 0. The van der Waals surface area contributed by atoms with Crippen molar-refractivity contribution in [3.63, 3.8) is 0 Å². The second-order valence-electron chi connectivity index (χ2n) is 5.44. The van der Waals surface area contributed by atoms with Gasteiger partial charge in [-0.25, -0.2) is 0 Å². The van der Waals surface area contributed by atoms with Gasteiger partial charge in [-0.2, -0.15) is 0 Å². The summed E-state index contributed by atoms with van der Waals surface area (Å²) in [4.78, 5) is 11.9. The number of hydrogen-bond donors (Lipinski definition) is 2. The first-order valence-electron chi connectivity index (χ1n) is 6.53. The van der Waals surface area contributed by atoms with Gasteiger partial charge in [0.05, 0.1) is 6.04 Å². The van der Waals surface area contributed by atoms with Gasteiger partial charge in [-0.1, -0.05) is 34.1 Å². The topological polar surface area (TPSA) is 55.1 Å². The molecule has 94 valence electrons. The smallest absolute Gasteiger partial charge is 0.237 e. The van der Waals surface area contributed by atoms with Crippen LogP contribution in [0.5, 0.6) is 0 Å². The number of rotatable bonds is 4. The third-order valence-corrected chi connectivity index (χ3v) is 4.35. The molecule has 0 aromatic rings. The standard InChI is InChI=1S/C13H26N2O/c1-5-8(2)12(14)13(16)15-11-7-6-9(3)10(11)4/h8-12H,5-7,14H2,1-4H3,(H,15,16)/t8?,9?,10?,11?,12-/m0/s1. The van der Waals surface area contributed by atoms with Gasteiger partial charge >= 0.3 is 0 Å². The quantitative estimate of drug-likeness (QED) is 0.769. The van der Waals surface area contributed by atoms with Gasteiger partial charge in [-0.05, 0) is 30.6 Å². The van der Waals surface area contributed by atoms with Crippen LogP contribution >= 0.6 is 0 Å². The molecule has 0 radical (unpaired) electrons. The Labute approximate surface area is 99.2 Å². The summed E-state index contributed by atoms with van der Waals surface area (Å²) in [6, 6.07) is -0.0225. The molecule has 3 nitrogen and oxygen atoms in total. The molecule has 3 N–H and O–H groups in total. The molecule has 16 heavy (non-hydrogen) atoms. The molecule has 1 rings (SSSR count). The van der Waals surface area contributed by atoms with Crippen LogP contribution in [0, 0.1) is 17.8 Å². The Balaban J connectivity index is 2.45. The summed E-state index contributed by atoms with van der Waals surface area (Å²) in [6.45, 7) is 8.58. The molecule has 4 unspecified atom stereocenters. The van der Waals surface area contributed by atoms with E-state index < -0.39 is 0 Å². The molecule has 3 heteroatoms. The van der Waals surface area contributed by atoms with E-state index in [1.165, 1.54) is 6.42 Å².